The molecule has 0 saturated carbocycles. The molecule has 6 heteroatoms. The highest BCUT2D eigenvalue weighted by Crippen LogP contribution is 2.30. The molecule has 0 saturated heterocycles. The van der Waals surface area contributed by atoms with Crippen molar-refractivity contribution < 1.29 is 18.7 Å². The molecule has 3 rings (SSSR count). The first-order chi connectivity index (χ1) is 12.7. The summed E-state index contributed by atoms with van der Waals surface area (Å²) in [6, 6.07) is 12.4. The van der Waals surface area contributed by atoms with Gasteiger partial charge in [0.25, 0.3) is 0 Å². The van der Waals surface area contributed by atoms with Gasteiger partial charge in [0.05, 0.1) is 6.61 Å². The molecule has 0 spiro atoms. The van der Waals surface area contributed by atoms with Gasteiger partial charge >= 0.3 is 5.97 Å². The van der Waals surface area contributed by atoms with E-state index < -0.39 is 5.97 Å². The van der Waals surface area contributed by atoms with Gasteiger partial charge in [-0.15, -0.1) is 0 Å². The van der Waals surface area contributed by atoms with Gasteiger partial charge in [-0.05, 0) is 70.4 Å². The van der Waals surface area contributed by atoms with Crippen LogP contribution in [0.2, 0.25) is 0 Å². The van der Waals surface area contributed by atoms with E-state index in [4.69, 9.17) is 13.9 Å². The summed E-state index contributed by atoms with van der Waals surface area (Å²) in [5, 5.41) is 0. The van der Waals surface area contributed by atoms with Crippen molar-refractivity contribution in [3.05, 3.63) is 76.4 Å². The third kappa shape index (κ3) is 4.61. The summed E-state index contributed by atoms with van der Waals surface area (Å²) in [5.74, 6) is 0.353. The Morgan fingerprint density at radius 2 is 1.85 bits per heavy atom. The van der Waals surface area contributed by atoms with Gasteiger partial charge in [0, 0.05) is 12.4 Å². The van der Waals surface area contributed by atoms with Crippen molar-refractivity contribution in [3.8, 4) is 11.5 Å². The lowest BCUT2D eigenvalue weighted by Gasteiger charge is -2.10. The molecule has 1 aromatic carbocycles. The number of benzene rings is 1. The third-order valence-electron chi connectivity index (χ3n) is 3.42. The minimum atomic E-state index is -0.586. The highest BCUT2D eigenvalue weighted by atomic mass is 79.9. The van der Waals surface area contributed by atoms with Crippen LogP contribution < -0.4 is 9.47 Å². The number of carbonyl (C=O) groups is 1. The monoisotopic (exact) mass is 413 g/mol. The normalized spacial score (nSPS) is 10.8. The van der Waals surface area contributed by atoms with Gasteiger partial charge in [-0.2, -0.15) is 0 Å². The minimum absolute atomic E-state index is 0.112. The van der Waals surface area contributed by atoms with Crippen LogP contribution in [0.3, 0.4) is 0 Å². The number of ether oxygens (including phenoxy) is 2. The molecule has 2 heterocycles. The predicted octanol–water partition coefficient (Wildman–Crippen LogP) is 5.23. The molecule has 0 unspecified atom stereocenters. The topological polar surface area (TPSA) is 61.6 Å². The van der Waals surface area contributed by atoms with Gasteiger partial charge in [-0.1, -0.05) is 18.2 Å². The van der Waals surface area contributed by atoms with Crippen molar-refractivity contribution in [1.29, 1.82) is 0 Å². The Bertz CT molecular complexity index is 919. The van der Waals surface area contributed by atoms with Crippen molar-refractivity contribution >= 4 is 34.1 Å². The number of carbonyl (C=O) groups excluding carboxylic acids is 1. The number of pyridine rings is 1. The molecular weight excluding hydrogens is 398 g/mol. The molecule has 0 aliphatic carbocycles. The molecule has 132 valence electrons. The van der Waals surface area contributed by atoms with Crippen molar-refractivity contribution in [2.75, 3.05) is 6.61 Å². The molecule has 0 fully saturated rings. The van der Waals surface area contributed by atoms with Crippen molar-refractivity contribution in [3.63, 3.8) is 0 Å². The Balaban J connectivity index is 1.80. The van der Waals surface area contributed by atoms with Gasteiger partial charge in [0.1, 0.15) is 0 Å². The first kappa shape index (κ1) is 17.9. The van der Waals surface area contributed by atoms with E-state index in [1.165, 1.54) is 0 Å². The highest BCUT2D eigenvalue weighted by Gasteiger charge is 2.16. The molecular formula is C20H16BrNO4. The summed E-state index contributed by atoms with van der Waals surface area (Å²) in [6.07, 6.45) is 7.40. The number of halogens is 1. The van der Waals surface area contributed by atoms with E-state index >= 15 is 0 Å². The first-order valence-electron chi connectivity index (χ1n) is 7.98. The van der Waals surface area contributed by atoms with Crippen LogP contribution >= 0.6 is 15.9 Å². The summed E-state index contributed by atoms with van der Waals surface area (Å²) in [4.78, 5) is 16.2. The maximum absolute atomic E-state index is 12.2. The first-order valence-corrected chi connectivity index (χ1v) is 8.77. The lowest BCUT2D eigenvalue weighted by molar-refractivity contribution is 0.0693. The van der Waals surface area contributed by atoms with Crippen LogP contribution in [-0.4, -0.2) is 17.6 Å². The van der Waals surface area contributed by atoms with E-state index in [0.717, 1.165) is 11.1 Å². The molecule has 26 heavy (non-hydrogen) atoms. The van der Waals surface area contributed by atoms with E-state index in [0.29, 0.717) is 22.8 Å². The third-order valence-corrected chi connectivity index (χ3v) is 3.85. The number of nitrogens with zero attached hydrogens (tertiary/aromatic N) is 1. The zero-order valence-corrected chi connectivity index (χ0v) is 15.6. The average Bonchev–Trinajstić information content (AvgIpc) is 3.09. The Morgan fingerprint density at radius 3 is 2.54 bits per heavy atom. The maximum Gasteiger partial charge on any atom is 0.379 e. The zero-order chi connectivity index (χ0) is 18.4. The van der Waals surface area contributed by atoms with Crippen molar-refractivity contribution in [1.82, 2.24) is 4.98 Å². The average molecular weight is 414 g/mol. The molecule has 0 radical (unpaired) electrons. The van der Waals surface area contributed by atoms with E-state index in [1.807, 2.05) is 43.3 Å². The van der Waals surface area contributed by atoms with Crippen LogP contribution in [-0.2, 0) is 0 Å². The fraction of sp³-hybridized carbons (Fsp3) is 0.100. The molecule has 3 aromatic rings. The van der Waals surface area contributed by atoms with Crippen LogP contribution in [0, 0.1) is 0 Å². The lowest BCUT2D eigenvalue weighted by Crippen LogP contribution is -2.08. The minimum Gasteiger partial charge on any atom is -0.490 e. The predicted molar refractivity (Wildman–Crippen MR) is 102 cm³/mol. The standard InChI is InChI=1S/C20H16BrNO4/c1-2-24-18-13-15(4-3-14-9-11-22-12-10-14)5-6-16(18)26-20(23)17-7-8-19(21)25-17/h3-13H,2H2,1H3/b4-3+. The van der Waals surface area contributed by atoms with Crippen molar-refractivity contribution in [2.45, 2.75) is 6.92 Å². The molecule has 0 aliphatic heterocycles. The SMILES string of the molecule is CCOc1cc(/C=C/c2ccncc2)ccc1OC(=O)c1ccc(Br)o1. The molecule has 0 aliphatic rings. The summed E-state index contributed by atoms with van der Waals surface area (Å²) < 4.78 is 16.7. The van der Waals surface area contributed by atoms with Crippen LogP contribution in [0.5, 0.6) is 11.5 Å². The number of rotatable bonds is 6. The maximum atomic E-state index is 12.2. The highest BCUT2D eigenvalue weighted by molar-refractivity contribution is 9.10. The van der Waals surface area contributed by atoms with E-state index in [-0.39, 0.29) is 5.76 Å². The summed E-state index contributed by atoms with van der Waals surface area (Å²) in [6.45, 7) is 2.32. The molecule has 0 bridgehead atoms. The zero-order valence-electron chi connectivity index (χ0n) is 14.0. The van der Waals surface area contributed by atoms with Gasteiger partial charge in [-0.25, -0.2) is 4.79 Å². The van der Waals surface area contributed by atoms with E-state index in [2.05, 4.69) is 20.9 Å². The summed E-state index contributed by atoms with van der Waals surface area (Å²) >= 11 is 3.16. The number of hydrogen-bond acceptors (Lipinski definition) is 5. The Kier molecular flexibility index (Phi) is 5.86. The van der Waals surface area contributed by atoms with Crippen LogP contribution in [0.25, 0.3) is 12.2 Å². The molecule has 5 nitrogen and oxygen atoms in total. The van der Waals surface area contributed by atoms with Gasteiger partial charge in [0.2, 0.25) is 5.76 Å². The second kappa shape index (κ2) is 8.49. The van der Waals surface area contributed by atoms with Crippen LogP contribution in [0.15, 0.2) is 63.9 Å². The fourth-order valence-electron chi connectivity index (χ4n) is 2.22. The van der Waals surface area contributed by atoms with Gasteiger partial charge in [0.15, 0.2) is 16.2 Å². The Labute approximate surface area is 159 Å². The Morgan fingerprint density at radius 1 is 1.08 bits per heavy atom. The van der Waals surface area contributed by atoms with Crippen LogP contribution in [0.1, 0.15) is 28.6 Å². The van der Waals surface area contributed by atoms with E-state index in [1.54, 1.807) is 30.6 Å². The molecule has 0 atom stereocenters. The van der Waals surface area contributed by atoms with Gasteiger partial charge < -0.3 is 13.9 Å². The largest absolute Gasteiger partial charge is 0.490 e. The number of furan rings is 1. The molecule has 0 N–H and O–H groups in total. The smallest absolute Gasteiger partial charge is 0.379 e. The summed E-state index contributed by atoms with van der Waals surface area (Å²) in [5.41, 5.74) is 1.96. The second-order valence-corrected chi connectivity index (χ2v) is 6.03. The number of hydrogen-bond donors (Lipinski definition) is 0. The lowest BCUT2D eigenvalue weighted by atomic mass is 10.1. The fourth-order valence-corrected chi connectivity index (χ4v) is 2.53. The van der Waals surface area contributed by atoms with E-state index in [9.17, 15) is 4.79 Å². The second-order valence-electron chi connectivity index (χ2n) is 5.25. The molecule has 2 aromatic heterocycles. The summed E-state index contributed by atoms with van der Waals surface area (Å²) in [7, 11) is 0. The Hall–Kier alpha value is -2.86. The van der Waals surface area contributed by atoms with Crippen molar-refractivity contribution in [2.24, 2.45) is 0 Å². The number of esters is 1. The van der Waals surface area contributed by atoms with Crippen LogP contribution in [0.4, 0.5) is 0 Å². The van der Waals surface area contributed by atoms with Gasteiger partial charge in [-0.3, -0.25) is 4.98 Å². The molecule has 0 amide bonds. The number of aromatic nitrogens is 1. The quantitative estimate of drug-likeness (QED) is 0.409.